The Morgan fingerprint density at radius 3 is 2.00 bits per heavy atom. The van der Waals surface area contributed by atoms with E-state index in [1.54, 1.807) is 36.4 Å². The van der Waals surface area contributed by atoms with Gasteiger partial charge in [-0.25, -0.2) is 8.42 Å². The fourth-order valence-electron chi connectivity index (χ4n) is 1.91. The largest absolute Gasteiger partial charge is 0.496 e. The van der Waals surface area contributed by atoms with E-state index in [1.165, 1.54) is 26.4 Å². The minimum atomic E-state index is -3.87. The molecule has 0 saturated heterocycles. The van der Waals surface area contributed by atoms with E-state index in [2.05, 4.69) is 5.43 Å². The van der Waals surface area contributed by atoms with Gasteiger partial charge >= 0.3 is 0 Å². The summed E-state index contributed by atoms with van der Waals surface area (Å²) in [5, 5.41) is 0. The van der Waals surface area contributed by atoms with Crippen LogP contribution < -0.4 is 19.7 Å². The van der Waals surface area contributed by atoms with Gasteiger partial charge in [0, 0.05) is 0 Å². The smallest absolute Gasteiger partial charge is 0.273 e. The third kappa shape index (κ3) is 3.79. The van der Waals surface area contributed by atoms with Crippen LogP contribution in [0.25, 0.3) is 0 Å². The zero-order valence-electron chi connectivity index (χ0n) is 12.6. The van der Waals surface area contributed by atoms with Crippen molar-refractivity contribution in [1.82, 2.24) is 10.3 Å². The highest BCUT2D eigenvalue weighted by Crippen LogP contribution is 2.27. The molecule has 2 rings (SSSR count). The summed E-state index contributed by atoms with van der Waals surface area (Å²) in [4.78, 5) is 14.4. The summed E-state index contributed by atoms with van der Waals surface area (Å²) in [5.41, 5.74) is 2.24. The average Bonchev–Trinajstić information content (AvgIpc) is 2.59. The van der Waals surface area contributed by atoms with Crippen molar-refractivity contribution in [2.75, 3.05) is 14.2 Å². The summed E-state index contributed by atoms with van der Waals surface area (Å²) in [6.45, 7) is 0. The van der Waals surface area contributed by atoms with Crippen LogP contribution in [0.5, 0.6) is 11.5 Å². The number of hydrazine groups is 1. The van der Waals surface area contributed by atoms with Gasteiger partial charge < -0.3 is 9.47 Å². The van der Waals surface area contributed by atoms with Crippen molar-refractivity contribution < 1.29 is 22.7 Å². The maximum atomic E-state index is 12.3. The predicted octanol–water partition coefficient (Wildman–Crippen LogP) is 1.33. The van der Waals surface area contributed by atoms with Gasteiger partial charge in [-0.15, -0.1) is 4.83 Å². The lowest BCUT2D eigenvalue weighted by Crippen LogP contribution is -2.41. The second-order valence-electron chi connectivity index (χ2n) is 4.41. The highest BCUT2D eigenvalue weighted by molar-refractivity contribution is 7.89. The standard InChI is InChI=1S/C15H16N2O5S/c1-21-12-9-6-10-13(22-2)14(12)15(18)16-17-23(19,20)11-7-4-3-5-8-11/h3-10,17H,1-2H3,(H,16,18). The molecule has 0 aromatic heterocycles. The molecule has 1 amide bonds. The first kappa shape index (κ1) is 16.8. The number of amides is 1. The molecule has 0 heterocycles. The molecule has 2 aromatic carbocycles. The summed E-state index contributed by atoms with van der Waals surface area (Å²) >= 11 is 0. The van der Waals surface area contributed by atoms with E-state index < -0.39 is 15.9 Å². The Labute approximate surface area is 134 Å². The molecule has 0 atom stereocenters. The fourth-order valence-corrected chi connectivity index (χ4v) is 2.77. The van der Waals surface area contributed by atoms with Crippen LogP contribution in [0.1, 0.15) is 10.4 Å². The van der Waals surface area contributed by atoms with Crippen molar-refractivity contribution in [1.29, 1.82) is 0 Å². The number of nitrogens with one attached hydrogen (secondary N) is 2. The van der Waals surface area contributed by atoms with Gasteiger partial charge in [0.25, 0.3) is 15.9 Å². The second kappa shape index (κ2) is 7.12. The Morgan fingerprint density at radius 2 is 1.48 bits per heavy atom. The van der Waals surface area contributed by atoms with E-state index in [1.807, 2.05) is 4.83 Å². The first-order chi connectivity index (χ1) is 11.0. The van der Waals surface area contributed by atoms with Gasteiger partial charge in [-0.2, -0.15) is 0 Å². The summed E-state index contributed by atoms with van der Waals surface area (Å²) < 4.78 is 34.4. The Kier molecular flexibility index (Phi) is 5.20. The van der Waals surface area contributed by atoms with Crippen LogP contribution >= 0.6 is 0 Å². The summed E-state index contributed by atoms with van der Waals surface area (Å²) in [7, 11) is -1.06. The van der Waals surface area contributed by atoms with Crippen LogP contribution in [0.3, 0.4) is 0 Å². The Morgan fingerprint density at radius 1 is 0.913 bits per heavy atom. The lowest BCUT2D eigenvalue weighted by atomic mass is 10.1. The lowest BCUT2D eigenvalue weighted by molar-refractivity contribution is 0.0939. The number of hydrogen-bond donors (Lipinski definition) is 2. The number of hydrogen-bond acceptors (Lipinski definition) is 5. The highest BCUT2D eigenvalue weighted by atomic mass is 32.2. The van der Waals surface area contributed by atoms with Crippen molar-refractivity contribution in [3.8, 4) is 11.5 Å². The summed E-state index contributed by atoms with van der Waals surface area (Å²) in [5.74, 6) is -0.166. The van der Waals surface area contributed by atoms with Gasteiger partial charge in [0.1, 0.15) is 17.1 Å². The molecule has 0 aliphatic rings. The minimum absolute atomic E-state index is 0.0345. The number of methoxy groups -OCH3 is 2. The van der Waals surface area contributed by atoms with E-state index >= 15 is 0 Å². The summed E-state index contributed by atoms with van der Waals surface area (Å²) in [6, 6.07) is 12.5. The fraction of sp³-hybridized carbons (Fsp3) is 0.133. The molecule has 2 N–H and O–H groups in total. The van der Waals surface area contributed by atoms with Crippen LogP contribution in [0, 0.1) is 0 Å². The Bertz CT molecular complexity index is 769. The van der Waals surface area contributed by atoms with Crippen molar-refractivity contribution in [3.05, 3.63) is 54.1 Å². The molecule has 122 valence electrons. The molecule has 0 spiro atoms. The van der Waals surface area contributed by atoms with E-state index in [4.69, 9.17) is 9.47 Å². The maximum Gasteiger partial charge on any atom is 0.273 e. The lowest BCUT2D eigenvalue weighted by Gasteiger charge is -2.13. The third-order valence-electron chi connectivity index (χ3n) is 3.01. The van der Waals surface area contributed by atoms with Crippen molar-refractivity contribution in [2.24, 2.45) is 0 Å². The molecular formula is C15H16N2O5S. The number of rotatable bonds is 6. The minimum Gasteiger partial charge on any atom is -0.496 e. The van der Waals surface area contributed by atoms with Crippen LogP contribution in [0.15, 0.2) is 53.4 Å². The molecule has 8 heteroatoms. The van der Waals surface area contributed by atoms with Gasteiger partial charge in [0.05, 0.1) is 19.1 Å². The predicted molar refractivity (Wildman–Crippen MR) is 83.8 cm³/mol. The van der Waals surface area contributed by atoms with Gasteiger partial charge in [0.15, 0.2) is 0 Å². The van der Waals surface area contributed by atoms with Gasteiger partial charge in [-0.3, -0.25) is 10.2 Å². The number of benzene rings is 2. The highest BCUT2D eigenvalue weighted by Gasteiger charge is 2.20. The molecule has 0 unspecified atom stereocenters. The first-order valence-corrected chi connectivity index (χ1v) is 8.06. The SMILES string of the molecule is COc1cccc(OC)c1C(=O)NNS(=O)(=O)c1ccccc1. The van der Waals surface area contributed by atoms with Gasteiger partial charge in [0.2, 0.25) is 0 Å². The molecular weight excluding hydrogens is 320 g/mol. The molecule has 23 heavy (non-hydrogen) atoms. The molecule has 0 aliphatic heterocycles. The van der Waals surface area contributed by atoms with Crippen molar-refractivity contribution in [3.63, 3.8) is 0 Å². The molecule has 0 aliphatic carbocycles. The topological polar surface area (TPSA) is 93.7 Å². The second-order valence-corrected chi connectivity index (χ2v) is 6.09. The van der Waals surface area contributed by atoms with E-state index in [0.29, 0.717) is 0 Å². The first-order valence-electron chi connectivity index (χ1n) is 6.58. The van der Waals surface area contributed by atoms with Crippen molar-refractivity contribution in [2.45, 2.75) is 4.90 Å². The van der Waals surface area contributed by atoms with Gasteiger partial charge in [-0.05, 0) is 24.3 Å². The van der Waals surface area contributed by atoms with E-state index in [9.17, 15) is 13.2 Å². The normalized spacial score (nSPS) is 10.9. The molecule has 7 nitrogen and oxygen atoms in total. The summed E-state index contributed by atoms with van der Waals surface area (Å²) in [6.07, 6.45) is 0. The average molecular weight is 336 g/mol. The zero-order valence-corrected chi connectivity index (χ0v) is 13.4. The van der Waals surface area contributed by atoms with Crippen LogP contribution in [-0.2, 0) is 10.0 Å². The van der Waals surface area contributed by atoms with Crippen LogP contribution in [0.2, 0.25) is 0 Å². The maximum absolute atomic E-state index is 12.3. The van der Waals surface area contributed by atoms with Crippen LogP contribution in [-0.4, -0.2) is 28.5 Å². The molecule has 0 fully saturated rings. The molecule has 0 radical (unpaired) electrons. The molecule has 0 saturated carbocycles. The van der Waals surface area contributed by atoms with E-state index in [0.717, 1.165) is 0 Å². The zero-order chi connectivity index (χ0) is 16.9. The van der Waals surface area contributed by atoms with Crippen molar-refractivity contribution >= 4 is 15.9 Å². The monoisotopic (exact) mass is 336 g/mol. The molecule has 2 aromatic rings. The number of carbonyl (C=O) groups excluding carboxylic acids is 1. The quantitative estimate of drug-likeness (QED) is 0.776. The number of sulfonamides is 1. The Balaban J connectivity index is 2.21. The van der Waals surface area contributed by atoms with E-state index in [-0.39, 0.29) is 22.0 Å². The number of carbonyl (C=O) groups is 1. The number of ether oxygens (including phenoxy) is 2. The molecule has 0 bridgehead atoms. The van der Waals surface area contributed by atoms with Gasteiger partial charge in [-0.1, -0.05) is 24.3 Å². The Hall–Kier alpha value is -2.58. The third-order valence-corrected chi connectivity index (χ3v) is 4.27. The van der Waals surface area contributed by atoms with Crippen LogP contribution in [0.4, 0.5) is 0 Å².